The number of hydrogen-bond acceptors (Lipinski definition) is 3. The molecule has 96 valence electrons. The van der Waals surface area contributed by atoms with E-state index >= 15 is 0 Å². The smallest absolute Gasteiger partial charge is 0.113 e. The minimum absolute atomic E-state index is 0.0889. The van der Waals surface area contributed by atoms with Crippen LogP contribution in [0.15, 0.2) is 42.5 Å². The van der Waals surface area contributed by atoms with Gasteiger partial charge in [0.2, 0.25) is 0 Å². The van der Waals surface area contributed by atoms with Gasteiger partial charge in [-0.25, -0.2) is 4.68 Å². The van der Waals surface area contributed by atoms with E-state index in [1.165, 1.54) is 0 Å². The molecule has 1 heterocycles. The van der Waals surface area contributed by atoms with Crippen molar-refractivity contribution in [1.82, 2.24) is 15.0 Å². The predicted octanol–water partition coefficient (Wildman–Crippen LogP) is 3.09. The number of aromatic nitrogens is 3. The second-order valence-corrected chi connectivity index (χ2v) is 4.89. The summed E-state index contributed by atoms with van der Waals surface area (Å²) in [4.78, 5) is 0. The molecule has 0 aliphatic carbocycles. The van der Waals surface area contributed by atoms with Gasteiger partial charge in [-0.05, 0) is 36.8 Å². The molecule has 0 saturated carbocycles. The van der Waals surface area contributed by atoms with Gasteiger partial charge in [0.05, 0.1) is 11.2 Å². The average Bonchev–Trinajstić information content (AvgIpc) is 2.82. The van der Waals surface area contributed by atoms with Gasteiger partial charge < -0.3 is 5.73 Å². The maximum atomic E-state index is 6.25. The molecule has 0 aliphatic heterocycles. The average molecular weight is 273 g/mol. The Bertz CT molecular complexity index is 733. The van der Waals surface area contributed by atoms with Crippen molar-refractivity contribution in [3.8, 4) is 5.69 Å². The Labute approximate surface area is 115 Å². The molecule has 4 nitrogen and oxygen atoms in total. The molecule has 0 aliphatic rings. The molecule has 19 heavy (non-hydrogen) atoms. The van der Waals surface area contributed by atoms with Crippen LogP contribution in [0.1, 0.15) is 18.5 Å². The lowest BCUT2D eigenvalue weighted by Gasteiger charge is -2.10. The normalized spacial score (nSPS) is 12.8. The largest absolute Gasteiger partial charge is 0.324 e. The zero-order chi connectivity index (χ0) is 13.4. The molecule has 2 N–H and O–H groups in total. The summed E-state index contributed by atoms with van der Waals surface area (Å²) in [6.45, 7) is 1.91. The quantitative estimate of drug-likeness (QED) is 0.780. The number of nitrogens with zero attached hydrogens (tertiary/aromatic N) is 3. The first-order valence-electron chi connectivity index (χ1n) is 6.02. The van der Waals surface area contributed by atoms with Gasteiger partial charge in [0, 0.05) is 11.1 Å². The van der Waals surface area contributed by atoms with Crippen LogP contribution in [-0.4, -0.2) is 15.0 Å². The number of benzene rings is 2. The van der Waals surface area contributed by atoms with Crippen LogP contribution in [0.5, 0.6) is 0 Å². The Morgan fingerprint density at radius 3 is 2.74 bits per heavy atom. The summed E-state index contributed by atoms with van der Waals surface area (Å²) in [5.74, 6) is 0. The lowest BCUT2D eigenvalue weighted by molar-refractivity contribution is 0.806. The van der Waals surface area contributed by atoms with E-state index in [4.69, 9.17) is 17.3 Å². The Morgan fingerprint density at radius 2 is 2.00 bits per heavy atom. The van der Waals surface area contributed by atoms with E-state index in [-0.39, 0.29) is 6.04 Å². The zero-order valence-electron chi connectivity index (χ0n) is 10.4. The number of para-hydroxylation sites is 1. The fourth-order valence-corrected chi connectivity index (χ4v) is 2.42. The highest BCUT2D eigenvalue weighted by atomic mass is 35.5. The molecule has 0 bridgehead atoms. The molecule has 0 spiro atoms. The van der Waals surface area contributed by atoms with Crippen LogP contribution in [-0.2, 0) is 0 Å². The molecular formula is C14H13ClN4. The molecule has 3 aromatic rings. The standard InChI is InChI=1S/C14H13ClN4/c1-9(16)11-7-6-10(8-12(11)15)19-14-5-3-2-4-13(14)17-18-19/h2-9H,16H2,1H3. The third-order valence-corrected chi connectivity index (χ3v) is 3.40. The van der Waals surface area contributed by atoms with E-state index in [1.54, 1.807) is 4.68 Å². The summed E-state index contributed by atoms with van der Waals surface area (Å²) >= 11 is 6.25. The highest BCUT2D eigenvalue weighted by molar-refractivity contribution is 6.31. The number of fused-ring (bicyclic) bond motifs is 1. The van der Waals surface area contributed by atoms with Gasteiger partial charge in [-0.3, -0.25) is 0 Å². The fraction of sp³-hybridized carbons (Fsp3) is 0.143. The van der Waals surface area contributed by atoms with Crippen molar-refractivity contribution < 1.29 is 0 Å². The van der Waals surface area contributed by atoms with Gasteiger partial charge in [0.25, 0.3) is 0 Å². The Balaban J connectivity index is 2.14. The summed E-state index contributed by atoms with van der Waals surface area (Å²) in [6, 6.07) is 13.5. The van der Waals surface area contributed by atoms with Crippen LogP contribution in [0.25, 0.3) is 16.7 Å². The van der Waals surface area contributed by atoms with Crippen LogP contribution in [0.4, 0.5) is 0 Å². The number of hydrogen-bond donors (Lipinski definition) is 1. The molecule has 1 aromatic heterocycles. The van der Waals surface area contributed by atoms with Crippen molar-refractivity contribution in [2.24, 2.45) is 5.73 Å². The van der Waals surface area contributed by atoms with E-state index in [0.717, 1.165) is 22.3 Å². The van der Waals surface area contributed by atoms with Crippen LogP contribution in [0, 0.1) is 0 Å². The second kappa shape index (κ2) is 4.64. The molecule has 1 unspecified atom stereocenters. The summed E-state index contributed by atoms with van der Waals surface area (Å²) in [6.07, 6.45) is 0. The van der Waals surface area contributed by atoms with Crippen molar-refractivity contribution in [2.75, 3.05) is 0 Å². The Kier molecular flexibility index (Phi) is 2.97. The van der Waals surface area contributed by atoms with Gasteiger partial charge in [-0.2, -0.15) is 0 Å². The number of rotatable bonds is 2. The lowest BCUT2D eigenvalue weighted by atomic mass is 10.1. The third-order valence-electron chi connectivity index (χ3n) is 3.07. The van der Waals surface area contributed by atoms with Crippen LogP contribution in [0.3, 0.4) is 0 Å². The molecule has 0 amide bonds. The molecular weight excluding hydrogens is 260 g/mol. The predicted molar refractivity (Wildman–Crippen MR) is 76.5 cm³/mol. The molecule has 1 atom stereocenters. The molecule has 5 heteroatoms. The van der Waals surface area contributed by atoms with Crippen LogP contribution < -0.4 is 5.73 Å². The second-order valence-electron chi connectivity index (χ2n) is 4.48. The van der Waals surface area contributed by atoms with Gasteiger partial charge >= 0.3 is 0 Å². The molecule has 0 fully saturated rings. The molecule has 0 radical (unpaired) electrons. The van der Waals surface area contributed by atoms with Gasteiger partial charge in [0.15, 0.2) is 0 Å². The molecule has 0 saturated heterocycles. The third kappa shape index (κ3) is 2.09. The Hall–Kier alpha value is -1.91. The first-order valence-corrected chi connectivity index (χ1v) is 6.40. The van der Waals surface area contributed by atoms with Gasteiger partial charge in [0.1, 0.15) is 5.52 Å². The van der Waals surface area contributed by atoms with Crippen molar-refractivity contribution in [3.05, 3.63) is 53.1 Å². The minimum Gasteiger partial charge on any atom is -0.324 e. The minimum atomic E-state index is -0.0889. The maximum Gasteiger partial charge on any atom is 0.113 e. The first kappa shape index (κ1) is 12.1. The molecule has 3 rings (SSSR count). The SMILES string of the molecule is CC(N)c1ccc(-n2nnc3ccccc32)cc1Cl. The van der Waals surface area contributed by atoms with E-state index in [1.807, 2.05) is 49.4 Å². The Morgan fingerprint density at radius 1 is 1.21 bits per heavy atom. The van der Waals surface area contributed by atoms with Crippen molar-refractivity contribution in [2.45, 2.75) is 13.0 Å². The highest BCUT2D eigenvalue weighted by Crippen LogP contribution is 2.25. The van der Waals surface area contributed by atoms with Crippen molar-refractivity contribution in [1.29, 1.82) is 0 Å². The van der Waals surface area contributed by atoms with E-state index in [2.05, 4.69) is 10.3 Å². The van der Waals surface area contributed by atoms with E-state index in [9.17, 15) is 0 Å². The van der Waals surface area contributed by atoms with Gasteiger partial charge in [-0.1, -0.05) is 35.0 Å². The van der Waals surface area contributed by atoms with E-state index in [0.29, 0.717) is 5.02 Å². The summed E-state index contributed by atoms with van der Waals surface area (Å²) < 4.78 is 1.77. The number of nitrogens with two attached hydrogens (primary N) is 1. The topological polar surface area (TPSA) is 56.7 Å². The fourth-order valence-electron chi connectivity index (χ4n) is 2.08. The van der Waals surface area contributed by atoms with Crippen molar-refractivity contribution >= 4 is 22.6 Å². The maximum absolute atomic E-state index is 6.25. The van der Waals surface area contributed by atoms with Gasteiger partial charge in [-0.15, -0.1) is 5.10 Å². The lowest BCUT2D eigenvalue weighted by Crippen LogP contribution is -2.06. The molecule has 2 aromatic carbocycles. The monoisotopic (exact) mass is 272 g/mol. The van der Waals surface area contributed by atoms with Crippen LogP contribution >= 0.6 is 11.6 Å². The summed E-state index contributed by atoms with van der Waals surface area (Å²) in [5.41, 5.74) is 9.47. The zero-order valence-corrected chi connectivity index (χ0v) is 11.2. The summed E-state index contributed by atoms with van der Waals surface area (Å²) in [7, 11) is 0. The van der Waals surface area contributed by atoms with Crippen molar-refractivity contribution in [3.63, 3.8) is 0 Å². The van der Waals surface area contributed by atoms with E-state index < -0.39 is 0 Å². The number of halogens is 1. The van der Waals surface area contributed by atoms with Crippen LogP contribution in [0.2, 0.25) is 5.02 Å². The highest BCUT2D eigenvalue weighted by Gasteiger charge is 2.10. The first-order chi connectivity index (χ1) is 9.16. The summed E-state index contributed by atoms with van der Waals surface area (Å²) in [5, 5.41) is 8.93.